The summed E-state index contributed by atoms with van der Waals surface area (Å²) in [5.41, 5.74) is 4.00. The molecule has 1 aromatic rings. The average Bonchev–Trinajstić information content (AvgIpc) is 2.18. The Morgan fingerprint density at radius 2 is 2.20 bits per heavy atom. The highest BCUT2D eigenvalue weighted by Crippen LogP contribution is 2.31. The molecule has 0 fully saturated rings. The van der Waals surface area contributed by atoms with Gasteiger partial charge in [-0.25, -0.2) is 5.48 Å². The lowest BCUT2D eigenvalue weighted by atomic mass is 10.0. The van der Waals surface area contributed by atoms with E-state index in [2.05, 4.69) is 11.6 Å². The third-order valence-electron chi connectivity index (χ3n) is 2.39. The SMILES string of the molecule is CC1(C)C=Cc2cc(CNO)ccc2O1. The summed E-state index contributed by atoms with van der Waals surface area (Å²) in [6.07, 6.45) is 4.09. The van der Waals surface area contributed by atoms with Crippen molar-refractivity contribution in [2.45, 2.75) is 26.0 Å². The highest BCUT2D eigenvalue weighted by Gasteiger charge is 2.21. The second-order valence-corrected chi connectivity index (χ2v) is 4.25. The van der Waals surface area contributed by atoms with Crippen LogP contribution in [0, 0.1) is 0 Å². The van der Waals surface area contributed by atoms with Crippen molar-refractivity contribution < 1.29 is 9.94 Å². The van der Waals surface area contributed by atoms with Gasteiger partial charge in [0.05, 0.1) is 0 Å². The van der Waals surface area contributed by atoms with Crippen molar-refractivity contribution >= 4 is 6.08 Å². The molecule has 0 saturated heterocycles. The Labute approximate surface area is 89.3 Å². The lowest BCUT2D eigenvalue weighted by molar-refractivity contribution is 0.157. The summed E-state index contributed by atoms with van der Waals surface area (Å²) < 4.78 is 5.78. The minimum Gasteiger partial charge on any atom is -0.483 e. The maximum atomic E-state index is 8.61. The van der Waals surface area contributed by atoms with Gasteiger partial charge in [0, 0.05) is 12.1 Å². The first kappa shape index (κ1) is 10.2. The minimum absolute atomic E-state index is 0.232. The number of rotatable bonds is 2. The van der Waals surface area contributed by atoms with E-state index >= 15 is 0 Å². The fourth-order valence-corrected chi connectivity index (χ4v) is 1.63. The van der Waals surface area contributed by atoms with Crippen molar-refractivity contribution in [3.05, 3.63) is 35.4 Å². The van der Waals surface area contributed by atoms with Gasteiger partial charge >= 0.3 is 0 Å². The van der Waals surface area contributed by atoms with Crippen LogP contribution in [0.2, 0.25) is 0 Å². The molecule has 3 nitrogen and oxygen atoms in total. The number of hydrogen-bond donors (Lipinski definition) is 2. The molecule has 0 spiro atoms. The van der Waals surface area contributed by atoms with Gasteiger partial charge in [0.15, 0.2) is 0 Å². The van der Waals surface area contributed by atoms with E-state index < -0.39 is 0 Å². The predicted molar refractivity (Wildman–Crippen MR) is 58.8 cm³/mol. The molecule has 1 aromatic carbocycles. The van der Waals surface area contributed by atoms with Crippen molar-refractivity contribution in [2.24, 2.45) is 0 Å². The van der Waals surface area contributed by atoms with Crippen LogP contribution < -0.4 is 10.2 Å². The van der Waals surface area contributed by atoms with E-state index in [0.29, 0.717) is 6.54 Å². The van der Waals surface area contributed by atoms with Crippen LogP contribution >= 0.6 is 0 Å². The highest BCUT2D eigenvalue weighted by atomic mass is 16.5. The second kappa shape index (κ2) is 3.68. The largest absolute Gasteiger partial charge is 0.483 e. The summed E-state index contributed by atoms with van der Waals surface area (Å²) in [6.45, 7) is 4.50. The number of hydroxylamine groups is 1. The van der Waals surface area contributed by atoms with Crippen LogP contribution in [0.15, 0.2) is 24.3 Å². The topological polar surface area (TPSA) is 41.5 Å². The average molecular weight is 205 g/mol. The molecule has 0 saturated carbocycles. The molecule has 2 N–H and O–H groups in total. The molecule has 0 aliphatic carbocycles. The molecule has 0 radical (unpaired) electrons. The Morgan fingerprint density at radius 1 is 1.40 bits per heavy atom. The third-order valence-corrected chi connectivity index (χ3v) is 2.39. The molecule has 15 heavy (non-hydrogen) atoms. The predicted octanol–water partition coefficient (Wildman–Crippen LogP) is 2.35. The Morgan fingerprint density at radius 3 is 2.93 bits per heavy atom. The van der Waals surface area contributed by atoms with Crippen LogP contribution in [0.25, 0.3) is 6.08 Å². The summed E-state index contributed by atoms with van der Waals surface area (Å²) in [5, 5.41) is 8.61. The molecule has 1 heterocycles. The van der Waals surface area contributed by atoms with Gasteiger partial charge in [-0.15, -0.1) is 0 Å². The van der Waals surface area contributed by atoms with Crippen LogP contribution in [-0.2, 0) is 6.54 Å². The summed E-state index contributed by atoms with van der Waals surface area (Å²) in [4.78, 5) is 0. The number of ether oxygens (including phenoxy) is 1. The van der Waals surface area contributed by atoms with Gasteiger partial charge in [0.1, 0.15) is 11.4 Å². The fraction of sp³-hybridized carbons (Fsp3) is 0.333. The molecule has 2 rings (SSSR count). The van der Waals surface area contributed by atoms with Crippen molar-refractivity contribution in [1.82, 2.24) is 5.48 Å². The molecule has 0 aromatic heterocycles. The number of nitrogens with one attached hydrogen (secondary N) is 1. The van der Waals surface area contributed by atoms with Crippen molar-refractivity contribution in [1.29, 1.82) is 0 Å². The van der Waals surface area contributed by atoms with E-state index in [1.807, 2.05) is 38.1 Å². The molecular weight excluding hydrogens is 190 g/mol. The second-order valence-electron chi connectivity index (χ2n) is 4.25. The lowest BCUT2D eigenvalue weighted by Gasteiger charge is -2.28. The third kappa shape index (κ3) is 2.19. The zero-order valence-corrected chi connectivity index (χ0v) is 8.95. The first-order chi connectivity index (χ1) is 7.11. The van der Waals surface area contributed by atoms with Crippen molar-refractivity contribution in [3.8, 4) is 5.75 Å². The Hall–Kier alpha value is -1.32. The van der Waals surface area contributed by atoms with E-state index in [4.69, 9.17) is 9.94 Å². The normalized spacial score (nSPS) is 17.0. The first-order valence-corrected chi connectivity index (χ1v) is 4.99. The van der Waals surface area contributed by atoms with Gasteiger partial charge in [-0.1, -0.05) is 12.1 Å². The molecule has 0 bridgehead atoms. The zero-order chi connectivity index (χ0) is 10.9. The van der Waals surface area contributed by atoms with Crippen LogP contribution in [-0.4, -0.2) is 10.8 Å². The maximum Gasteiger partial charge on any atom is 0.127 e. The molecule has 0 unspecified atom stereocenters. The monoisotopic (exact) mass is 205 g/mol. The summed E-state index contributed by atoms with van der Waals surface area (Å²) >= 11 is 0. The molecule has 0 atom stereocenters. The van der Waals surface area contributed by atoms with Crippen LogP contribution in [0.1, 0.15) is 25.0 Å². The fourth-order valence-electron chi connectivity index (χ4n) is 1.63. The molecule has 3 heteroatoms. The quantitative estimate of drug-likeness (QED) is 0.728. The Bertz CT molecular complexity index is 397. The van der Waals surface area contributed by atoms with Crippen LogP contribution in [0.4, 0.5) is 0 Å². The van der Waals surface area contributed by atoms with Crippen molar-refractivity contribution in [3.63, 3.8) is 0 Å². The number of benzene rings is 1. The van der Waals surface area contributed by atoms with E-state index in [1.165, 1.54) is 0 Å². The van der Waals surface area contributed by atoms with Gasteiger partial charge in [0.2, 0.25) is 0 Å². The maximum absolute atomic E-state index is 8.61. The molecule has 0 amide bonds. The number of fused-ring (bicyclic) bond motifs is 1. The smallest absolute Gasteiger partial charge is 0.127 e. The molecule has 80 valence electrons. The number of hydrogen-bond acceptors (Lipinski definition) is 3. The van der Waals surface area contributed by atoms with Gasteiger partial charge in [-0.05, 0) is 37.6 Å². The van der Waals surface area contributed by atoms with E-state index in [0.717, 1.165) is 16.9 Å². The highest BCUT2D eigenvalue weighted by molar-refractivity contribution is 5.61. The summed E-state index contributed by atoms with van der Waals surface area (Å²) in [5.74, 6) is 0.893. The summed E-state index contributed by atoms with van der Waals surface area (Å²) in [7, 11) is 0. The van der Waals surface area contributed by atoms with E-state index in [9.17, 15) is 0 Å². The summed E-state index contributed by atoms with van der Waals surface area (Å²) in [6, 6.07) is 5.88. The van der Waals surface area contributed by atoms with Crippen molar-refractivity contribution in [2.75, 3.05) is 0 Å². The molecule has 1 aliphatic rings. The Balaban J connectivity index is 2.32. The molecular formula is C12H15NO2. The van der Waals surface area contributed by atoms with Crippen LogP contribution in [0.3, 0.4) is 0 Å². The van der Waals surface area contributed by atoms with E-state index in [1.54, 1.807) is 0 Å². The molecule has 1 aliphatic heterocycles. The zero-order valence-electron chi connectivity index (χ0n) is 8.95. The Kier molecular flexibility index (Phi) is 2.50. The minimum atomic E-state index is -0.232. The first-order valence-electron chi connectivity index (χ1n) is 4.99. The standard InChI is InChI=1S/C12H15NO2/c1-12(2)6-5-10-7-9(8-13-14)3-4-11(10)15-12/h3-7,13-14H,8H2,1-2H3. The van der Waals surface area contributed by atoms with Crippen LogP contribution in [0.5, 0.6) is 5.75 Å². The van der Waals surface area contributed by atoms with Gasteiger partial charge in [0.25, 0.3) is 0 Å². The van der Waals surface area contributed by atoms with Gasteiger partial charge < -0.3 is 9.94 Å². The van der Waals surface area contributed by atoms with E-state index in [-0.39, 0.29) is 5.60 Å². The van der Waals surface area contributed by atoms with Gasteiger partial charge in [-0.3, -0.25) is 0 Å². The van der Waals surface area contributed by atoms with Gasteiger partial charge in [-0.2, -0.15) is 0 Å². The lowest BCUT2D eigenvalue weighted by Crippen LogP contribution is -2.27.